The molecule has 2 aromatic rings. The minimum absolute atomic E-state index is 0.0237. The first-order valence-corrected chi connectivity index (χ1v) is 9.36. The van der Waals surface area contributed by atoms with Gasteiger partial charge in [0.2, 0.25) is 5.95 Å². The Morgan fingerprint density at radius 2 is 1.73 bits per heavy atom. The fourth-order valence-electron chi connectivity index (χ4n) is 3.34. The molecular weight excluding hydrogens is 403 g/mol. The molecule has 1 fully saturated rings. The summed E-state index contributed by atoms with van der Waals surface area (Å²) in [7, 11) is 0. The number of amides is 1. The van der Waals surface area contributed by atoms with E-state index >= 15 is 0 Å². The van der Waals surface area contributed by atoms with Gasteiger partial charge in [-0.3, -0.25) is 4.79 Å². The number of carbonyl (C=O) groups is 2. The number of aryl methyl sites for hydroxylation is 1. The summed E-state index contributed by atoms with van der Waals surface area (Å²) in [5.41, 5.74) is 0.469. The van der Waals surface area contributed by atoms with Crippen molar-refractivity contribution in [2.45, 2.75) is 26.6 Å². The fourth-order valence-corrected chi connectivity index (χ4v) is 3.34. The van der Waals surface area contributed by atoms with E-state index in [-0.39, 0.29) is 17.2 Å². The summed E-state index contributed by atoms with van der Waals surface area (Å²) in [5, 5.41) is 0. The Labute approximate surface area is 171 Å². The number of carbonyl (C=O) groups excluding carboxylic acids is 2. The van der Waals surface area contributed by atoms with Crippen LogP contribution in [0.4, 0.5) is 19.1 Å². The molecular formula is C19H22F3N5O3. The maximum atomic E-state index is 12.7. The molecule has 2 aromatic heterocycles. The minimum atomic E-state index is -4.40. The number of ether oxygens (including phenoxy) is 1. The van der Waals surface area contributed by atoms with Gasteiger partial charge < -0.3 is 19.1 Å². The third-order valence-corrected chi connectivity index (χ3v) is 4.93. The van der Waals surface area contributed by atoms with Crippen molar-refractivity contribution in [3.63, 3.8) is 0 Å². The lowest BCUT2D eigenvalue weighted by molar-refractivity contribution is -0.141. The second kappa shape index (κ2) is 8.72. The number of piperazine rings is 1. The molecule has 162 valence electrons. The van der Waals surface area contributed by atoms with E-state index in [9.17, 15) is 22.8 Å². The molecule has 0 N–H and O–H groups in total. The van der Waals surface area contributed by atoms with Crippen LogP contribution in [-0.4, -0.2) is 70.3 Å². The Bertz CT molecular complexity index is 906. The van der Waals surface area contributed by atoms with Gasteiger partial charge in [-0.25, -0.2) is 14.8 Å². The average molecular weight is 425 g/mol. The van der Waals surface area contributed by atoms with Gasteiger partial charge in [-0.05, 0) is 26.0 Å². The molecule has 0 spiro atoms. The highest BCUT2D eigenvalue weighted by atomic mass is 19.4. The quantitative estimate of drug-likeness (QED) is 0.682. The molecule has 11 heteroatoms. The SMILES string of the molecule is Cc1cc(C(=O)OCC(=O)N2CCN(c3ncccn3)CC2)c(C)n1CC(F)(F)F. The summed E-state index contributed by atoms with van der Waals surface area (Å²) in [6, 6.07) is 3.06. The molecule has 8 nitrogen and oxygen atoms in total. The zero-order valence-corrected chi connectivity index (χ0v) is 16.6. The predicted molar refractivity (Wildman–Crippen MR) is 101 cm³/mol. The summed E-state index contributed by atoms with van der Waals surface area (Å²) in [5.74, 6) is -0.590. The van der Waals surface area contributed by atoms with Gasteiger partial charge in [-0.1, -0.05) is 0 Å². The van der Waals surface area contributed by atoms with Crippen LogP contribution in [0.3, 0.4) is 0 Å². The first-order valence-electron chi connectivity index (χ1n) is 9.36. The Hall–Kier alpha value is -3.11. The maximum Gasteiger partial charge on any atom is 0.406 e. The Morgan fingerprint density at radius 3 is 2.33 bits per heavy atom. The van der Waals surface area contributed by atoms with Crippen LogP contribution in [0.2, 0.25) is 0 Å². The van der Waals surface area contributed by atoms with Crippen LogP contribution in [-0.2, 0) is 16.1 Å². The molecule has 0 bridgehead atoms. The molecule has 1 saturated heterocycles. The van der Waals surface area contributed by atoms with Gasteiger partial charge in [0.1, 0.15) is 6.54 Å². The third-order valence-electron chi connectivity index (χ3n) is 4.93. The summed E-state index contributed by atoms with van der Waals surface area (Å²) in [6.45, 7) is 3.18. The van der Waals surface area contributed by atoms with Crippen LogP contribution < -0.4 is 4.90 Å². The van der Waals surface area contributed by atoms with Gasteiger partial charge >= 0.3 is 12.1 Å². The van der Waals surface area contributed by atoms with Crippen LogP contribution >= 0.6 is 0 Å². The lowest BCUT2D eigenvalue weighted by atomic mass is 10.2. The van der Waals surface area contributed by atoms with Crippen molar-refractivity contribution in [3.05, 3.63) is 41.5 Å². The number of anilines is 1. The number of esters is 1. The number of rotatable bonds is 5. The molecule has 0 aliphatic carbocycles. The first kappa shape index (κ1) is 21.6. The van der Waals surface area contributed by atoms with Gasteiger partial charge in [0.15, 0.2) is 6.61 Å². The molecule has 0 unspecified atom stereocenters. The summed E-state index contributed by atoms with van der Waals surface area (Å²) >= 11 is 0. The Morgan fingerprint density at radius 1 is 1.10 bits per heavy atom. The molecule has 3 rings (SSSR count). The van der Waals surface area contributed by atoms with Gasteiger partial charge in [0, 0.05) is 50.0 Å². The molecule has 0 saturated carbocycles. The van der Waals surface area contributed by atoms with E-state index in [0.717, 1.165) is 4.57 Å². The van der Waals surface area contributed by atoms with Crippen LogP contribution in [0.15, 0.2) is 24.5 Å². The molecule has 1 amide bonds. The second-order valence-corrected chi connectivity index (χ2v) is 6.98. The zero-order chi connectivity index (χ0) is 21.9. The standard InChI is InChI=1S/C19H22F3N5O3/c1-13-10-15(14(2)27(13)12-19(20,21)22)17(29)30-11-16(28)25-6-8-26(9-7-25)18-23-4-3-5-24-18/h3-5,10H,6-9,11-12H2,1-2H3. The predicted octanol–water partition coefficient (Wildman–Crippen LogP) is 1.96. The number of hydrogen-bond acceptors (Lipinski definition) is 6. The average Bonchev–Trinajstić information content (AvgIpc) is 2.99. The molecule has 1 aliphatic rings. The van der Waals surface area contributed by atoms with E-state index in [1.54, 1.807) is 23.4 Å². The van der Waals surface area contributed by atoms with Crippen molar-refractivity contribution < 1.29 is 27.5 Å². The highest BCUT2D eigenvalue weighted by molar-refractivity contribution is 5.92. The number of nitrogens with zero attached hydrogens (tertiary/aromatic N) is 5. The smallest absolute Gasteiger partial charge is 0.406 e. The lowest BCUT2D eigenvalue weighted by Crippen LogP contribution is -2.50. The van der Waals surface area contributed by atoms with Crippen molar-refractivity contribution in [3.8, 4) is 0 Å². The summed E-state index contributed by atoms with van der Waals surface area (Å²) in [6.07, 6.45) is -1.12. The summed E-state index contributed by atoms with van der Waals surface area (Å²) in [4.78, 5) is 36.5. The fraction of sp³-hybridized carbons (Fsp3) is 0.474. The van der Waals surface area contributed by atoms with Crippen LogP contribution in [0.5, 0.6) is 0 Å². The van der Waals surface area contributed by atoms with E-state index in [4.69, 9.17) is 4.74 Å². The van der Waals surface area contributed by atoms with Crippen molar-refractivity contribution >= 4 is 17.8 Å². The van der Waals surface area contributed by atoms with E-state index in [1.165, 1.54) is 19.9 Å². The molecule has 0 atom stereocenters. The van der Waals surface area contributed by atoms with Crippen molar-refractivity contribution in [1.82, 2.24) is 19.4 Å². The zero-order valence-electron chi connectivity index (χ0n) is 16.6. The largest absolute Gasteiger partial charge is 0.452 e. The number of hydrogen-bond donors (Lipinski definition) is 0. The highest BCUT2D eigenvalue weighted by Gasteiger charge is 2.31. The van der Waals surface area contributed by atoms with E-state index in [1.807, 2.05) is 4.90 Å². The van der Waals surface area contributed by atoms with E-state index < -0.39 is 25.3 Å². The number of halogens is 3. The van der Waals surface area contributed by atoms with Crippen molar-refractivity contribution in [2.75, 3.05) is 37.7 Å². The lowest BCUT2D eigenvalue weighted by Gasteiger charge is -2.34. The van der Waals surface area contributed by atoms with Gasteiger partial charge in [-0.15, -0.1) is 0 Å². The van der Waals surface area contributed by atoms with E-state index in [0.29, 0.717) is 37.8 Å². The topological polar surface area (TPSA) is 80.6 Å². The van der Waals surface area contributed by atoms with Crippen LogP contribution in [0, 0.1) is 13.8 Å². The maximum absolute atomic E-state index is 12.7. The first-order chi connectivity index (χ1) is 14.2. The molecule has 3 heterocycles. The Balaban J connectivity index is 1.53. The molecule has 0 aromatic carbocycles. The molecule has 0 radical (unpaired) electrons. The second-order valence-electron chi connectivity index (χ2n) is 6.98. The van der Waals surface area contributed by atoms with Crippen LogP contribution in [0.25, 0.3) is 0 Å². The number of alkyl halides is 3. The third kappa shape index (κ3) is 5.08. The normalized spacial score (nSPS) is 14.7. The summed E-state index contributed by atoms with van der Waals surface area (Å²) < 4.78 is 44.2. The van der Waals surface area contributed by atoms with E-state index in [2.05, 4.69) is 9.97 Å². The van der Waals surface area contributed by atoms with Gasteiger partial charge in [-0.2, -0.15) is 13.2 Å². The minimum Gasteiger partial charge on any atom is -0.452 e. The van der Waals surface area contributed by atoms with Crippen LogP contribution in [0.1, 0.15) is 21.7 Å². The van der Waals surface area contributed by atoms with Crippen molar-refractivity contribution in [2.24, 2.45) is 0 Å². The van der Waals surface area contributed by atoms with Crippen molar-refractivity contribution in [1.29, 1.82) is 0 Å². The Kier molecular flexibility index (Phi) is 6.28. The monoisotopic (exact) mass is 425 g/mol. The van der Waals surface area contributed by atoms with Gasteiger partial charge in [0.25, 0.3) is 5.91 Å². The molecule has 1 aliphatic heterocycles. The van der Waals surface area contributed by atoms with Gasteiger partial charge in [0.05, 0.1) is 5.56 Å². The molecule has 30 heavy (non-hydrogen) atoms. The highest BCUT2D eigenvalue weighted by Crippen LogP contribution is 2.23. The number of aromatic nitrogens is 3.